The van der Waals surface area contributed by atoms with Crippen LogP contribution < -0.4 is 4.90 Å². The number of likely N-dealkylation sites (tertiary alicyclic amines) is 1. The van der Waals surface area contributed by atoms with Gasteiger partial charge in [-0.15, -0.1) is 0 Å². The third-order valence-electron chi connectivity index (χ3n) is 5.26. The normalized spacial score (nSPS) is 17.6. The Balaban J connectivity index is 1.46. The van der Waals surface area contributed by atoms with Crippen molar-refractivity contribution in [3.8, 4) is 0 Å². The van der Waals surface area contributed by atoms with Crippen LogP contribution in [0.15, 0.2) is 24.4 Å². The number of halogens is 2. The van der Waals surface area contributed by atoms with E-state index >= 15 is 0 Å². The first-order valence-corrected chi connectivity index (χ1v) is 9.50. The number of pyridine rings is 1. The molecule has 6 nitrogen and oxygen atoms in total. The Labute approximate surface area is 161 Å². The zero-order valence-electron chi connectivity index (χ0n) is 14.8. The second kappa shape index (κ2) is 7.31. The molecule has 0 N–H and O–H groups in total. The van der Waals surface area contributed by atoms with E-state index in [4.69, 9.17) is 11.6 Å². The number of nitrogens with zero attached hydrogens (tertiary/aromatic N) is 4. The molecule has 2 aliphatic rings. The molecule has 0 saturated carbocycles. The van der Waals surface area contributed by atoms with Gasteiger partial charge in [0.25, 0.3) is 0 Å². The van der Waals surface area contributed by atoms with Crippen LogP contribution in [0, 0.1) is 5.82 Å². The summed E-state index contributed by atoms with van der Waals surface area (Å²) in [4.78, 5) is 33.9. The number of carbonyl (C=O) groups excluding carboxylic acids is 2. The van der Waals surface area contributed by atoms with Gasteiger partial charge in [-0.05, 0) is 31.0 Å². The van der Waals surface area contributed by atoms with E-state index in [2.05, 4.69) is 4.98 Å². The molecule has 0 radical (unpaired) electrons. The Bertz CT molecular complexity index is 893. The van der Waals surface area contributed by atoms with Gasteiger partial charge in [-0.1, -0.05) is 11.6 Å². The van der Waals surface area contributed by atoms with Gasteiger partial charge >= 0.3 is 11.8 Å². The van der Waals surface area contributed by atoms with E-state index in [9.17, 15) is 14.0 Å². The molecule has 142 valence electrons. The first-order valence-electron chi connectivity index (χ1n) is 9.12. The van der Waals surface area contributed by atoms with Crippen molar-refractivity contribution in [2.45, 2.75) is 12.8 Å². The van der Waals surface area contributed by atoms with E-state index in [1.54, 1.807) is 28.0 Å². The summed E-state index contributed by atoms with van der Waals surface area (Å²) in [6.45, 7) is 3.01. The third-order valence-corrected chi connectivity index (χ3v) is 5.59. The number of benzene rings is 1. The number of anilines is 1. The summed E-state index contributed by atoms with van der Waals surface area (Å²) in [5.74, 6) is -1.29. The molecule has 27 heavy (non-hydrogen) atoms. The number of rotatable bonds is 1. The molecule has 0 atom stereocenters. The van der Waals surface area contributed by atoms with Crippen molar-refractivity contribution in [1.29, 1.82) is 0 Å². The highest BCUT2D eigenvalue weighted by molar-refractivity contribution is 6.35. The molecule has 2 fully saturated rings. The molecule has 8 heteroatoms. The Morgan fingerprint density at radius 2 is 1.56 bits per heavy atom. The number of aromatic nitrogens is 1. The minimum absolute atomic E-state index is 0.239. The van der Waals surface area contributed by atoms with Crippen molar-refractivity contribution >= 4 is 40.0 Å². The molecular formula is C19H20ClFN4O2. The molecule has 3 heterocycles. The molecular weight excluding hydrogens is 371 g/mol. The van der Waals surface area contributed by atoms with Crippen LogP contribution in [-0.2, 0) is 9.59 Å². The highest BCUT2D eigenvalue weighted by Crippen LogP contribution is 2.30. The molecule has 0 bridgehead atoms. The van der Waals surface area contributed by atoms with Crippen LogP contribution in [0.2, 0.25) is 5.02 Å². The fourth-order valence-corrected chi connectivity index (χ4v) is 3.93. The molecule has 2 aromatic rings. The van der Waals surface area contributed by atoms with Crippen molar-refractivity contribution < 1.29 is 14.0 Å². The smallest absolute Gasteiger partial charge is 0.312 e. The van der Waals surface area contributed by atoms with Gasteiger partial charge in [0, 0.05) is 50.9 Å². The highest BCUT2D eigenvalue weighted by Gasteiger charge is 2.31. The highest BCUT2D eigenvalue weighted by atomic mass is 35.5. The Hall–Kier alpha value is -2.41. The van der Waals surface area contributed by atoms with E-state index in [1.165, 1.54) is 6.20 Å². The second-order valence-electron chi connectivity index (χ2n) is 6.87. The standard InChI is InChI=1S/C19H20ClFN4O2/c20-14-5-6-22-17-13(14)3-4-15(16(17)21)23-9-11-25(12-10-23)19(27)18(26)24-7-1-2-8-24/h3-6H,1-2,7-12H2. The van der Waals surface area contributed by atoms with Gasteiger partial charge in [-0.25, -0.2) is 4.39 Å². The van der Waals surface area contributed by atoms with Crippen LogP contribution in [0.3, 0.4) is 0 Å². The number of hydrogen-bond acceptors (Lipinski definition) is 4. The van der Waals surface area contributed by atoms with E-state index in [1.807, 2.05) is 4.90 Å². The van der Waals surface area contributed by atoms with Crippen LogP contribution in [0.25, 0.3) is 10.9 Å². The minimum atomic E-state index is -0.455. The summed E-state index contributed by atoms with van der Waals surface area (Å²) < 4.78 is 14.9. The van der Waals surface area contributed by atoms with Gasteiger partial charge in [0.2, 0.25) is 0 Å². The van der Waals surface area contributed by atoms with Gasteiger partial charge in [0.1, 0.15) is 5.52 Å². The number of carbonyl (C=O) groups is 2. The van der Waals surface area contributed by atoms with Crippen molar-refractivity contribution in [1.82, 2.24) is 14.8 Å². The number of fused-ring (bicyclic) bond motifs is 1. The monoisotopic (exact) mass is 390 g/mol. The quantitative estimate of drug-likeness (QED) is 0.701. The molecule has 0 spiro atoms. The topological polar surface area (TPSA) is 56.8 Å². The number of amides is 2. The van der Waals surface area contributed by atoms with Crippen LogP contribution in [0.5, 0.6) is 0 Å². The lowest BCUT2D eigenvalue weighted by atomic mass is 10.1. The lowest BCUT2D eigenvalue weighted by molar-refractivity contribution is -0.151. The first-order chi connectivity index (χ1) is 13.1. The lowest BCUT2D eigenvalue weighted by Gasteiger charge is -2.36. The largest absolute Gasteiger partial charge is 0.366 e. The van der Waals surface area contributed by atoms with Crippen molar-refractivity contribution in [3.63, 3.8) is 0 Å². The SMILES string of the molecule is O=C(C(=O)N1CCN(c2ccc3c(Cl)ccnc3c2F)CC1)N1CCCC1. The molecule has 0 unspecified atom stereocenters. The number of piperazine rings is 1. The summed E-state index contributed by atoms with van der Waals surface area (Å²) in [5, 5.41) is 1.03. The molecule has 1 aromatic heterocycles. The summed E-state index contributed by atoms with van der Waals surface area (Å²) >= 11 is 6.10. The minimum Gasteiger partial charge on any atom is -0.366 e. The number of hydrogen-bond donors (Lipinski definition) is 0. The van der Waals surface area contributed by atoms with Gasteiger partial charge in [0.05, 0.1) is 10.7 Å². The summed E-state index contributed by atoms with van der Waals surface area (Å²) in [6.07, 6.45) is 3.39. The fourth-order valence-electron chi connectivity index (χ4n) is 3.73. The van der Waals surface area contributed by atoms with Gasteiger partial charge in [-0.2, -0.15) is 0 Å². The van der Waals surface area contributed by atoms with Crippen LogP contribution in [0.1, 0.15) is 12.8 Å². The Morgan fingerprint density at radius 3 is 2.22 bits per heavy atom. The van der Waals surface area contributed by atoms with Crippen LogP contribution >= 0.6 is 11.6 Å². The fraction of sp³-hybridized carbons (Fsp3) is 0.421. The molecule has 1 aromatic carbocycles. The summed E-state index contributed by atoms with van der Waals surface area (Å²) in [5.41, 5.74) is 0.679. The maximum atomic E-state index is 14.9. The van der Waals surface area contributed by atoms with Gasteiger partial charge in [0.15, 0.2) is 5.82 Å². The summed E-state index contributed by atoms with van der Waals surface area (Å²) in [7, 11) is 0. The average Bonchev–Trinajstić information content (AvgIpc) is 3.23. The zero-order chi connectivity index (χ0) is 19.0. The molecule has 4 rings (SSSR count). The molecule has 0 aliphatic carbocycles. The molecule has 2 aliphatic heterocycles. The van der Waals surface area contributed by atoms with Gasteiger partial charge in [-0.3, -0.25) is 14.6 Å². The maximum Gasteiger partial charge on any atom is 0.312 e. The summed E-state index contributed by atoms with van der Waals surface area (Å²) in [6, 6.07) is 5.08. The molecule has 2 saturated heterocycles. The van der Waals surface area contributed by atoms with E-state index in [0.29, 0.717) is 55.4 Å². The van der Waals surface area contributed by atoms with Gasteiger partial charge < -0.3 is 14.7 Å². The predicted molar refractivity (Wildman–Crippen MR) is 101 cm³/mol. The second-order valence-corrected chi connectivity index (χ2v) is 7.27. The van der Waals surface area contributed by atoms with Crippen molar-refractivity contribution in [2.24, 2.45) is 0 Å². The Kier molecular flexibility index (Phi) is 4.86. The van der Waals surface area contributed by atoms with E-state index < -0.39 is 17.6 Å². The van der Waals surface area contributed by atoms with E-state index in [0.717, 1.165) is 12.8 Å². The third kappa shape index (κ3) is 3.32. The van der Waals surface area contributed by atoms with Crippen LogP contribution in [0.4, 0.5) is 10.1 Å². The first kappa shape index (κ1) is 18.0. The predicted octanol–water partition coefficient (Wildman–Crippen LogP) is 2.30. The zero-order valence-corrected chi connectivity index (χ0v) is 15.6. The maximum absolute atomic E-state index is 14.9. The van der Waals surface area contributed by atoms with Crippen molar-refractivity contribution in [3.05, 3.63) is 35.2 Å². The van der Waals surface area contributed by atoms with Crippen LogP contribution in [-0.4, -0.2) is 65.9 Å². The molecule has 2 amide bonds. The van der Waals surface area contributed by atoms with Crippen molar-refractivity contribution in [2.75, 3.05) is 44.2 Å². The average molecular weight is 391 g/mol. The Morgan fingerprint density at radius 1 is 0.926 bits per heavy atom. The lowest BCUT2D eigenvalue weighted by Crippen LogP contribution is -2.53. The van der Waals surface area contributed by atoms with E-state index in [-0.39, 0.29) is 5.52 Å².